The highest BCUT2D eigenvalue weighted by atomic mass is 16.3. The lowest BCUT2D eigenvalue weighted by Gasteiger charge is -2.23. The molecular formula is C16H21NO2. The Morgan fingerprint density at radius 1 is 1.21 bits per heavy atom. The van der Waals surface area contributed by atoms with Crippen LogP contribution in [-0.4, -0.2) is 21.1 Å². The number of benzene rings is 1. The minimum Gasteiger partial charge on any atom is -0.382 e. The Morgan fingerprint density at radius 3 is 2.42 bits per heavy atom. The lowest BCUT2D eigenvalue weighted by molar-refractivity contribution is 0.0279. The van der Waals surface area contributed by atoms with Crippen LogP contribution < -0.4 is 0 Å². The van der Waals surface area contributed by atoms with Crippen LogP contribution in [0.3, 0.4) is 0 Å². The smallest absolute Gasteiger partial charge is 0.196 e. The number of aromatic nitrogens is 1. The fourth-order valence-corrected chi connectivity index (χ4v) is 2.51. The number of fused-ring (bicyclic) bond motifs is 1. The molecule has 0 aliphatic carbocycles. The fourth-order valence-electron chi connectivity index (χ4n) is 2.51. The highest BCUT2D eigenvalue weighted by molar-refractivity contribution is 6.11. The second-order valence-corrected chi connectivity index (χ2v) is 4.91. The number of rotatable bonds is 5. The van der Waals surface area contributed by atoms with E-state index in [0.717, 1.165) is 17.4 Å². The second-order valence-electron chi connectivity index (χ2n) is 4.91. The van der Waals surface area contributed by atoms with E-state index in [9.17, 15) is 9.90 Å². The zero-order chi connectivity index (χ0) is 14.0. The van der Waals surface area contributed by atoms with Crippen molar-refractivity contribution in [3.8, 4) is 0 Å². The Kier molecular flexibility index (Phi) is 3.76. The molecule has 2 aromatic rings. The van der Waals surface area contributed by atoms with Gasteiger partial charge in [-0.3, -0.25) is 4.79 Å². The summed E-state index contributed by atoms with van der Waals surface area (Å²) in [6.45, 7) is 6.55. The van der Waals surface area contributed by atoms with E-state index in [1.165, 1.54) is 0 Å². The predicted molar refractivity (Wildman–Crippen MR) is 77.5 cm³/mol. The van der Waals surface area contributed by atoms with Gasteiger partial charge in [0.05, 0.1) is 0 Å². The van der Waals surface area contributed by atoms with Crippen molar-refractivity contribution in [2.75, 3.05) is 0 Å². The number of nitrogens with zero attached hydrogens (tertiary/aromatic N) is 1. The molecule has 0 aliphatic rings. The molecule has 2 rings (SSSR count). The minimum absolute atomic E-state index is 0.166. The minimum atomic E-state index is -1.25. The summed E-state index contributed by atoms with van der Waals surface area (Å²) in [5.41, 5.74) is 0.425. The standard InChI is InChI=1S/C16H21NO2/c1-4-16(19,5-2)15(18)13-11-17(6-3)14-10-8-7-9-12(13)14/h7-11,19H,4-6H2,1-3H3. The van der Waals surface area contributed by atoms with Gasteiger partial charge >= 0.3 is 0 Å². The average molecular weight is 259 g/mol. The van der Waals surface area contributed by atoms with Gasteiger partial charge in [0.2, 0.25) is 0 Å². The van der Waals surface area contributed by atoms with Crippen LogP contribution in [-0.2, 0) is 6.54 Å². The normalized spacial score (nSPS) is 12.0. The second kappa shape index (κ2) is 5.17. The van der Waals surface area contributed by atoms with Crippen LogP contribution in [0.4, 0.5) is 0 Å². The maximum absolute atomic E-state index is 12.6. The number of hydrogen-bond acceptors (Lipinski definition) is 2. The molecule has 0 atom stereocenters. The van der Waals surface area contributed by atoms with Gasteiger partial charge in [-0.25, -0.2) is 0 Å². The topological polar surface area (TPSA) is 42.2 Å². The van der Waals surface area contributed by atoms with Gasteiger partial charge < -0.3 is 9.67 Å². The largest absolute Gasteiger partial charge is 0.382 e. The molecule has 3 heteroatoms. The van der Waals surface area contributed by atoms with Crippen molar-refractivity contribution in [2.24, 2.45) is 0 Å². The molecule has 3 nitrogen and oxygen atoms in total. The van der Waals surface area contributed by atoms with Crippen molar-refractivity contribution in [2.45, 2.75) is 45.8 Å². The summed E-state index contributed by atoms with van der Waals surface area (Å²) in [5, 5.41) is 11.4. The summed E-state index contributed by atoms with van der Waals surface area (Å²) < 4.78 is 2.05. The first-order chi connectivity index (χ1) is 9.07. The molecule has 102 valence electrons. The zero-order valence-corrected chi connectivity index (χ0v) is 11.8. The molecule has 1 aromatic heterocycles. The molecule has 0 radical (unpaired) electrons. The van der Waals surface area contributed by atoms with E-state index >= 15 is 0 Å². The van der Waals surface area contributed by atoms with E-state index < -0.39 is 5.60 Å². The van der Waals surface area contributed by atoms with Gasteiger partial charge in [-0.15, -0.1) is 0 Å². The average Bonchev–Trinajstić information content (AvgIpc) is 2.84. The highest BCUT2D eigenvalue weighted by Gasteiger charge is 2.34. The van der Waals surface area contributed by atoms with Crippen molar-refractivity contribution in [1.82, 2.24) is 4.57 Å². The SMILES string of the molecule is CCn1cc(C(=O)C(O)(CC)CC)c2ccccc21. The van der Waals surface area contributed by atoms with Crippen LogP contribution in [0, 0.1) is 0 Å². The van der Waals surface area contributed by atoms with Crippen molar-refractivity contribution in [3.63, 3.8) is 0 Å². The molecule has 0 aliphatic heterocycles. The number of para-hydroxylation sites is 1. The number of carbonyl (C=O) groups excluding carboxylic acids is 1. The molecule has 1 N–H and O–H groups in total. The van der Waals surface area contributed by atoms with Gasteiger partial charge in [0.1, 0.15) is 5.60 Å². The lowest BCUT2D eigenvalue weighted by Crippen LogP contribution is -2.37. The van der Waals surface area contributed by atoms with Gasteiger partial charge in [-0.05, 0) is 25.8 Å². The zero-order valence-electron chi connectivity index (χ0n) is 11.8. The van der Waals surface area contributed by atoms with E-state index in [-0.39, 0.29) is 5.78 Å². The first kappa shape index (κ1) is 13.8. The van der Waals surface area contributed by atoms with Gasteiger partial charge in [0, 0.05) is 29.2 Å². The third kappa shape index (κ3) is 2.19. The van der Waals surface area contributed by atoms with Crippen LogP contribution in [0.25, 0.3) is 10.9 Å². The third-order valence-electron chi connectivity index (χ3n) is 3.97. The Bertz CT molecular complexity index is 594. The number of aliphatic hydroxyl groups is 1. The van der Waals surface area contributed by atoms with Crippen LogP contribution in [0.2, 0.25) is 0 Å². The van der Waals surface area contributed by atoms with Crippen LogP contribution >= 0.6 is 0 Å². The molecule has 0 fully saturated rings. The summed E-state index contributed by atoms with van der Waals surface area (Å²) in [5.74, 6) is -0.166. The number of Topliss-reactive ketones (excluding diaryl/α,β-unsaturated/α-hetero) is 1. The van der Waals surface area contributed by atoms with Gasteiger partial charge in [-0.1, -0.05) is 32.0 Å². The Balaban J connectivity index is 2.60. The molecule has 0 spiro atoms. The Morgan fingerprint density at radius 2 is 1.84 bits per heavy atom. The number of hydrogen-bond donors (Lipinski definition) is 1. The van der Waals surface area contributed by atoms with Gasteiger partial charge in [-0.2, -0.15) is 0 Å². The summed E-state index contributed by atoms with van der Waals surface area (Å²) in [6, 6.07) is 7.84. The van der Waals surface area contributed by atoms with E-state index in [1.807, 2.05) is 55.8 Å². The summed E-state index contributed by atoms with van der Waals surface area (Å²) in [7, 11) is 0. The summed E-state index contributed by atoms with van der Waals surface area (Å²) >= 11 is 0. The highest BCUT2D eigenvalue weighted by Crippen LogP contribution is 2.28. The quantitative estimate of drug-likeness (QED) is 0.836. The van der Waals surface area contributed by atoms with Crippen LogP contribution in [0.1, 0.15) is 44.0 Å². The summed E-state index contributed by atoms with van der Waals surface area (Å²) in [4.78, 5) is 12.6. The van der Waals surface area contributed by atoms with Crippen molar-refractivity contribution in [1.29, 1.82) is 0 Å². The molecule has 1 aromatic carbocycles. The van der Waals surface area contributed by atoms with Gasteiger partial charge in [0.25, 0.3) is 0 Å². The van der Waals surface area contributed by atoms with Crippen LogP contribution in [0.15, 0.2) is 30.5 Å². The van der Waals surface area contributed by atoms with E-state index in [4.69, 9.17) is 0 Å². The monoisotopic (exact) mass is 259 g/mol. The van der Waals surface area contributed by atoms with E-state index in [0.29, 0.717) is 18.4 Å². The summed E-state index contributed by atoms with van der Waals surface area (Å²) in [6.07, 6.45) is 2.74. The molecular weight excluding hydrogens is 238 g/mol. The number of carbonyl (C=O) groups is 1. The maximum Gasteiger partial charge on any atom is 0.196 e. The maximum atomic E-state index is 12.6. The number of aryl methyl sites for hydroxylation is 1. The van der Waals surface area contributed by atoms with Crippen molar-refractivity contribution in [3.05, 3.63) is 36.0 Å². The van der Waals surface area contributed by atoms with Crippen LogP contribution in [0.5, 0.6) is 0 Å². The third-order valence-corrected chi connectivity index (χ3v) is 3.97. The first-order valence-electron chi connectivity index (χ1n) is 6.92. The number of ketones is 1. The lowest BCUT2D eigenvalue weighted by atomic mass is 9.88. The molecule has 1 heterocycles. The predicted octanol–water partition coefficient (Wildman–Crippen LogP) is 3.40. The van der Waals surface area contributed by atoms with E-state index in [1.54, 1.807) is 0 Å². The first-order valence-corrected chi connectivity index (χ1v) is 6.92. The molecule has 0 bridgehead atoms. The Labute approximate surface area is 113 Å². The van der Waals surface area contributed by atoms with E-state index in [2.05, 4.69) is 0 Å². The van der Waals surface area contributed by atoms with Crippen molar-refractivity contribution < 1.29 is 9.90 Å². The molecule has 19 heavy (non-hydrogen) atoms. The molecule has 0 unspecified atom stereocenters. The van der Waals surface area contributed by atoms with Gasteiger partial charge in [0.15, 0.2) is 5.78 Å². The molecule has 0 saturated heterocycles. The fraction of sp³-hybridized carbons (Fsp3) is 0.438. The Hall–Kier alpha value is -1.61. The van der Waals surface area contributed by atoms with Crippen molar-refractivity contribution >= 4 is 16.7 Å². The molecule has 0 amide bonds. The molecule has 0 saturated carbocycles.